The normalized spacial score (nSPS) is 18.7. The van der Waals surface area contributed by atoms with Crippen LogP contribution in [0.5, 0.6) is 5.75 Å². The van der Waals surface area contributed by atoms with Crippen LogP contribution >= 0.6 is 0 Å². The van der Waals surface area contributed by atoms with Gasteiger partial charge in [0.15, 0.2) is 5.78 Å². The number of ketones is 1. The van der Waals surface area contributed by atoms with Gasteiger partial charge in [0.25, 0.3) is 5.69 Å². The van der Waals surface area contributed by atoms with Crippen LogP contribution in [0.2, 0.25) is 0 Å². The van der Waals surface area contributed by atoms with Gasteiger partial charge in [0.1, 0.15) is 19.0 Å². The minimum absolute atomic E-state index is 0.0129. The minimum atomic E-state index is -0.700. The minimum Gasteiger partial charge on any atom is -0.490 e. The Morgan fingerprint density at radius 1 is 0.923 bits per heavy atom. The molecule has 1 aliphatic heterocycles. The van der Waals surface area contributed by atoms with Crippen LogP contribution in [-0.2, 0) is 14.3 Å². The van der Waals surface area contributed by atoms with E-state index in [0.29, 0.717) is 41.0 Å². The monoisotopic (exact) mass is 524 g/mol. The van der Waals surface area contributed by atoms with Gasteiger partial charge in [-0.15, -0.1) is 0 Å². The van der Waals surface area contributed by atoms with E-state index in [-0.39, 0.29) is 30.6 Å². The molecule has 0 spiro atoms. The molecule has 0 unspecified atom stereocenters. The van der Waals surface area contributed by atoms with Crippen LogP contribution < -0.4 is 10.1 Å². The summed E-state index contributed by atoms with van der Waals surface area (Å²) in [5.74, 6) is -0.647. The molecule has 0 saturated heterocycles. The van der Waals surface area contributed by atoms with E-state index in [4.69, 9.17) is 9.47 Å². The van der Waals surface area contributed by atoms with Gasteiger partial charge in [-0.2, -0.15) is 0 Å². The molecular weight excluding hydrogens is 496 g/mol. The lowest BCUT2D eigenvalue weighted by atomic mass is 9.71. The maximum Gasteiger partial charge on any atom is 0.336 e. The van der Waals surface area contributed by atoms with Crippen molar-refractivity contribution in [3.63, 3.8) is 0 Å². The highest BCUT2D eigenvalue weighted by Crippen LogP contribution is 2.45. The third-order valence-electron chi connectivity index (χ3n) is 7.08. The van der Waals surface area contributed by atoms with Gasteiger partial charge in [-0.05, 0) is 42.5 Å². The maximum absolute atomic E-state index is 13.7. The fraction of sp³-hybridized carbons (Fsp3) is 0.226. The number of para-hydroxylation sites is 1. The molecule has 0 radical (unpaired) electrons. The Hall–Kier alpha value is -4.72. The zero-order valence-electron chi connectivity index (χ0n) is 21.5. The molecule has 1 heterocycles. The number of nitrogens with one attached hydrogen (secondary N) is 1. The molecule has 198 valence electrons. The summed E-state index contributed by atoms with van der Waals surface area (Å²) < 4.78 is 11.2. The Labute approximate surface area is 226 Å². The van der Waals surface area contributed by atoms with Gasteiger partial charge in [-0.25, -0.2) is 4.79 Å². The van der Waals surface area contributed by atoms with E-state index in [1.165, 1.54) is 12.1 Å². The SMILES string of the molecule is CC1=C(C(=O)OCCOc2ccccc2)[C@@H](c2ccc([N+](=O)[O-])cc2)C2=C(C[C@H](c3ccccc3)CC2=O)N1. The summed E-state index contributed by atoms with van der Waals surface area (Å²) in [6, 6.07) is 25.1. The number of Topliss-reactive ketones (excluding diaryl/α,β-unsaturated/α-hetero) is 1. The van der Waals surface area contributed by atoms with Gasteiger partial charge in [0, 0.05) is 41.4 Å². The number of nitro benzene ring substituents is 1. The zero-order valence-corrected chi connectivity index (χ0v) is 21.5. The van der Waals surface area contributed by atoms with Crippen molar-refractivity contribution < 1.29 is 24.0 Å². The number of esters is 1. The number of benzene rings is 3. The van der Waals surface area contributed by atoms with Gasteiger partial charge in [-0.3, -0.25) is 14.9 Å². The fourth-order valence-corrected chi connectivity index (χ4v) is 5.28. The first kappa shape index (κ1) is 25.9. The standard InChI is InChI=1S/C31H28N2O6/c1-20-28(31(35)39-17-16-38-25-10-6-3-7-11-25)29(22-12-14-24(15-13-22)33(36)37)30-26(32-20)18-23(19-27(30)34)21-8-4-2-5-9-21/h2-15,23,29,32H,16-19H2,1H3/t23-,29+/m0/s1. The molecule has 0 saturated carbocycles. The van der Waals surface area contributed by atoms with Crippen LogP contribution in [0.4, 0.5) is 5.69 Å². The summed E-state index contributed by atoms with van der Waals surface area (Å²) in [7, 11) is 0. The van der Waals surface area contributed by atoms with Gasteiger partial charge in [-0.1, -0.05) is 60.7 Å². The first-order valence-electron chi connectivity index (χ1n) is 12.8. The molecule has 3 aromatic carbocycles. The number of ether oxygens (including phenoxy) is 2. The van der Waals surface area contributed by atoms with Crippen molar-refractivity contribution in [2.75, 3.05) is 13.2 Å². The topological polar surface area (TPSA) is 108 Å². The molecule has 1 N–H and O–H groups in total. The molecule has 0 aromatic heterocycles. The third kappa shape index (κ3) is 5.60. The van der Waals surface area contributed by atoms with Crippen LogP contribution in [0.3, 0.4) is 0 Å². The average molecular weight is 525 g/mol. The summed E-state index contributed by atoms with van der Waals surface area (Å²) in [5, 5.41) is 14.6. The number of hydrogen-bond donors (Lipinski definition) is 1. The van der Waals surface area contributed by atoms with Crippen LogP contribution in [-0.4, -0.2) is 29.9 Å². The Bertz CT molecular complexity index is 1450. The number of allylic oxidation sites excluding steroid dienone is 3. The Kier molecular flexibility index (Phi) is 7.54. The molecule has 5 rings (SSSR count). The fourth-order valence-electron chi connectivity index (χ4n) is 5.28. The number of nitrogens with zero attached hydrogens (tertiary/aromatic N) is 1. The largest absolute Gasteiger partial charge is 0.490 e. The van der Waals surface area contributed by atoms with Gasteiger partial charge >= 0.3 is 5.97 Å². The number of carbonyl (C=O) groups excluding carboxylic acids is 2. The average Bonchev–Trinajstić information content (AvgIpc) is 2.95. The van der Waals surface area contributed by atoms with Crippen molar-refractivity contribution >= 4 is 17.4 Å². The number of hydrogen-bond acceptors (Lipinski definition) is 7. The molecule has 1 aliphatic carbocycles. The van der Waals surface area contributed by atoms with Crippen molar-refractivity contribution in [3.8, 4) is 5.75 Å². The summed E-state index contributed by atoms with van der Waals surface area (Å²) in [4.78, 5) is 37.9. The van der Waals surface area contributed by atoms with Gasteiger partial charge in [0.05, 0.1) is 10.5 Å². The summed E-state index contributed by atoms with van der Waals surface area (Å²) in [6.45, 7) is 1.98. The lowest BCUT2D eigenvalue weighted by molar-refractivity contribution is -0.384. The van der Waals surface area contributed by atoms with Gasteiger partial charge < -0.3 is 14.8 Å². The van der Waals surface area contributed by atoms with Crippen molar-refractivity contribution in [3.05, 3.63) is 129 Å². The van der Waals surface area contributed by atoms with E-state index < -0.39 is 16.8 Å². The molecule has 2 aliphatic rings. The molecular formula is C31H28N2O6. The van der Waals surface area contributed by atoms with E-state index in [1.807, 2.05) is 60.7 Å². The zero-order chi connectivity index (χ0) is 27.4. The maximum atomic E-state index is 13.7. The predicted molar refractivity (Wildman–Crippen MR) is 145 cm³/mol. The van der Waals surface area contributed by atoms with E-state index in [1.54, 1.807) is 19.1 Å². The van der Waals surface area contributed by atoms with Crippen molar-refractivity contribution in [1.82, 2.24) is 5.32 Å². The second-order valence-electron chi connectivity index (χ2n) is 9.57. The third-order valence-corrected chi connectivity index (χ3v) is 7.08. The lowest BCUT2D eigenvalue weighted by Crippen LogP contribution is -2.36. The molecule has 0 bridgehead atoms. The molecule has 8 nitrogen and oxygen atoms in total. The predicted octanol–water partition coefficient (Wildman–Crippen LogP) is 5.58. The van der Waals surface area contributed by atoms with Gasteiger partial charge in [0.2, 0.25) is 0 Å². The smallest absolute Gasteiger partial charge is 0.336 e. The number of non-ortho nitro benzene ring substituents is 1. The quantitative estimate of drug-likeness (QED) is 0.177. The molecule has 39 heavy (non-hydrogen) atoms. The summed E-state index contributed by atoms with van der Waals surface area (Å²) in [5.41, 5.74) is 3.81. The Morgan fingerprint density at radius 3 is 2.26 bits per heavy atom. The molecule has 0 fully saturated rings. The molecule has 2 atom stereocenters. The Balaban J connectivity index is 1.43. The highest BCUT2D eigenvalue weighted by molar-refractivity contribution is 6.04. The second kappa shape index (κ2) is 11.3. The highest BCUT2D eigenvalue weighted by atomic mass is 16.6. The van der Waals surface area contributed by atoms with Crippen LogP contribution in [0.1, 0.15) is 42.7 Å². The first-order valence-corrected chi connectivity index (χ1v) is 12.8. The van der Waals surface area contributed by atoms with Crippen LogP contribution in [0.15, 0.2) is 107 Å². The first-order chi connectivity index (χ1) is 18.9. The van der Waals surface area contributed by atoms with E-state index in [2.05, 4.69) is 5.32 Å². The van der Waals surface area contributed by atoms with E-state index in [0.717, 1.165) is 11.3 Å². The van der Waals surface area contributed by atoms with Crippen molar-refractivity contribution in [1.29, 1.82) is 0 Å². The molecule has 8 heteroatoms. The molecule has 3 aromatic rings. The highest BCUT2D eigenvalue weighted by Gasteiger charge is 2.41. The van der Waals surface area contributed by atoms with Crippen molar-refractivity contribution in [2.24, 2.45) is 0 Å². The second-order valence-corrected chi connectivity index (χ2v) is 9.57. The Morgan fingerprint density at radius 2 is 1.59 bits per heavy atom. The number of rotatable bonds is 8. The van der Waals surface area contributed by atoms with Crippen molar-refractivity contribution in [2.45, 2.75) is 31.6 Å². The summed E-state index contributed by atoms with van der Waals surface area (Å²) in [6.07, 6.45) is 0.916. The van der Waals surface area contributed by atoms with Crippen LogP contribution in [0.25, 0.3) is 0 Å². The lowest BCUT2D eigenvalue weighted by Gasteiger charge is -2.36. The number of dihydropyridines is 1. The summed E-state index contributed by atoms with van der Waals surface area (Å²) >= 11 is 0. The van der Waals surface area contributed by atoms with E-state index in [9.17, 15) is 19.7 Å². The molecule has 0 amide bonds. The number of carbonyl (C=O) groups is 2. The van der Waals surface area contributed by atoms with Crippen LogP contribution in [0, 0.1) is 10.1 Å². The number of nitro groups is 1. The van der Waals surface area contributed by atoms with E-state index >= 15 is 0 Å².